The minimum absolute atomic E-state index is 0.201. The highest BCUT2D eigenvalue weighted by molar-refractivity contribution is 8.00. The quantitative estimate of drug-likeness (QED) is 0.793. The van der Waals surface area contributed by atoms with Crippen molar-refractivity contribution in [2.45, 2.75) is 44.9 Å². The summed E-state index contributed by atoms with van der Waals surface area (Å²) in [4.78, 5) is 5.71. The Balaban J connectivity index is 2.02. The Hall–Kier alpha value is -1.48. The third-order valence-corrected chi connectivity index (χ3v) is 4.16. The van der Waals surface area contributed by atoms with E-state index in [2.05, 4.69) is 67.7 Å². The molecule has 2 rings (SSSR count). The van der Waals surface area contributed by atoms with Crippen molar-refractivity contribution < 1.29 is 0 Å². The molecular weight excluding hydrogens is 264 g/mol. The molecule has 0 aliphatic heterocycles. The van der Waals surface area contributed by atoms with Gasteiger partial charge in [-0.25, -0.2) is 4.98 Å². The maximum atomic E-state index is 4.51. The summed E-state index contributed by atoms with van der Waals surface area (Å²) in [5.41, 5.74) is 3.84. The Morgan fingerprint density at radius 1 is 0.950 bits per heavy atom. The Morgan fingerprint density at radius 2 is 1.60 bits per heavy atom. The molecule has 2 nitrogen and oxygen atoms in total. The first-order valence-corrected chi connectivity index (χ1v) is 7.65. The lowest BCUT2D eigenvalue weighted by Crippen LogP contribution is -2.10. The Morgan fingerprint density at radius 3 is 2.15 bits per heavy atom. The molecule has 1 N–H and O–H groups in total. The normalized spacial score (nSPS) is 11.4. The number of anilines is 1. The average molecular weight is 286 g/mol. The molecule has 0 bridgehead atoms. The lowest BCUT2D eigenvalue weighted by Gasteiger charge is -2.19. The van der Waals surface area contributed by atoms with E-state index >= 15 is 0 Å². The van der Waals surface area contributed by atoms with Gasteiger partial charge in [0, 0.05) is 10.6 Å². The van der Waals surface area contributed by atoms with E-state index in [0.717, 1.165) is 11.5 Å². The van der Waals surface area contributed by atoms with Gasteiger partial charge in [-0.1, -0.05) is 39.0 Å². The van der Waals surface area contributed by atoms with Gasteiger partial charge in [0.15, 0.2) is 0 Å². The summed E-state index contributed by atoms with van der Waals surface area (Å²) in [5, 5.41) is 0. The number of hydrogen-bond donors (Lipinski definition) is 1. The number of hydrogen-bond acceptors (Lipinski definition) is 3. The molecular formula is C17H22N2S. The van der Waals surface area contributed by atoms with Crippen molar-refractivity contribution in [2.24, 2.45) is 0 Å². The van der Waals surface area contributed by atoms with Crippen LogP contribution in [0.4, 0.5) is 5.82 Å². The van der Waals surface area contributed by atoms with Crippen LogP contribution in [0.5, 0.6) is 0 Å². The van der Waals surface area contributed by atoms with Crippen LogP contribution in [0, 0.1) is 13.8 Å². The highest BCUT2D eigenvalue weighted by Gasteiger charge is 2.12. The zero-order valence-corrected chi connectivity index (χ0v) is 13.6. The van der Waals surface area contributed by atoms with Crippen molar-refractivity contribution in [3.63, 3.8) is 0 Å². The Bertz CT molecular complexity index is 583. The minimum atomic E-state index is 0.201. The molecule has 0 aliphatic rings. The standard InChI is InChI=1S/C17H22N2S/c1-12-6-11-16(18-13(12)2)19-20-15-9-7-14(8-10-15)17(3,4)5/h6-11H,1-5H3,(H,18,19). The molecule has 0 saturated heterocycles. The number of rotatable bonds is 3. The molecule has 0 fully saturated rings. The summed E-state index contributed by atoms with van der Waals surface area (Å²) in [6.07, 6.45) is 0. The molecule has 1 heterocycles. The number of aromatic nitrogens is 1. The molecule has 1 aromatic heterocycles. The maximum Gasteiger partial charge on any atom is 0.136 e. The lowest BCUT2D eigenvalue weighted by molar-refractivity contribution is 0.590. The zero-order valence-electron chi connectivity index (χ0n) is 12.8. The van der Waals surface area contributed by atoms with E-state index in [9.17, 15) is 0 Å². The Labute approximate surface area is 126 Å². The number of pyridine rings is 1. The van der Waals surface area contributed by atoms with Gasteiger partial charge in [-0.3, -0.25) is 0 Å². The number of nitrogens with one attached hydrogen (secondary N) is 1. The van der Waals surface area contributed by atoms with Crippen molar-refractivity contribution >= 4 is 17.8 Å². The molecule has 20 heavy (non-hydrogen) atoms. The third-order valence-electron chi connectivity index (χ3n) is 3.34. The summed E-state index contributed by atoms with van der Waals surface area (Å²) in [7, 11) is 0. The molecule has 3 heteroatoms. The van der Waals surface area contributed by atoms with Crippen LogP contribution in [0.1, 0.15) is 37.6 Å². The second kappa shape index (κ2) is 5.88. The van der Waals surface area contributed by atoms with Crippen molar-refractivity contribution in [2.75, 3.05) is 4.72 Å². The summed E-state index contributed by atoms with van der Waals surface area (Å²) in [5.74, 6) is 0.901. The van der Waals surface area contributed by atoms with Gasteiger partial charge in [0.25, 0.3) is 0 Å². The predicted molar refractivity (Wildman–Crippen MR) is 88.3 cm³/mol. The topological polar surface area (TPSA) is 24.9 Å². The average Bonchev–Trinajstić information content (AvgIpc) is 2.40. The van der Waals surface area contributed by atoms with Crippen LogP contribution in [0.3, 0.4) is 0 Å². The number of aryl methyl sites for hydroxylation is 2. The van der Waals surface area contributed by atoms with Crippen LogP contribution < -0.4 is 4.72 Å². The van der Waals surface area contributed by atoms with Crippen LogP contribution in [0.25, 0.3) is 0 Å². The van der Waals surface area contributed by atoms with Crippen LogP contribution in [-0.4, -0.2) is 4.98 Å². The minimum Gasteiger partial charge on any atom is -0.310 e. The van der Waals surface area contributed by atoms with Crippen LogP contribution >= 0.6 is 11.9 Å². The van der Waals surface area contributed by atoms with E-state index in [1.165, 1.54) is 16.0 Å². The van der Waals surface area contributed by atoms with E-state index in [1.54, 1.807) is 11.9 Å². The highest BCUT2D eigenvalue weighted by atomic mass is 32.2. The maximum absolute atomic E-state index is 4.51. The van der Waals surface area contributed by atoms with Gasteiger partial charge in [0.1, 0.15) is 5.82 Å². The summed E-state index contributed by atoms with van der Waals surface area (Å²) in [6.45, 7) is 10.8. The van der Waals surface area contributed by atoms with Gasteiger partial charge in [-0.15, -0.1) is 0 Å². The number of nitrogens with zero attached hydrogens (tertiary/aromatic N) is 1. The van der Waals surface area contributed by atoms with Crippen LogP contribution in [-0.2, 0) is 5.41 Å². The molecule has 0 spiro atoms. The monoisotopic (exact) mass is 286 g/mol. The van der Waals surface area contributed by atoms with Gasteiger partial charge in [-0.05, 0) is 60.5 Å². The summed E-state index contributed by atoms with van der Waals surface area (Å²) in [6, 6.07) is 12.8. The first-order chi connectivity index (χ1) is 9.36. The summed E-state index contributed by atoms with van der Waals surface area (Å²) < 4.78 is 3.29. The predicted octanol–water partition coefficient (Wildman–Crippen LogP) is 5.12. The number of benzene rings is 1. The summed E-state index contributed by atoms with van der Waals surface area (Å²) >= 11 is 1.59. The molecule has 0 atom stereocenters. The van der Waals surface area contributed by atoms with Crippen molar-refractivity contribution in [1.29, 1.82) is 0 Å². The molecule has 106 valence electrons. The van der Waals surface area contributed by atoms with E-state index in [0.29, 0.717) is 0 Å². The van der Waals surface area contributed by atoms with Crippen molar-refractivity contribution in [1.82, 2.24) is 4.98 Å². The first-order valence-electron chi connectivity index (χ1n) is 6.84. The van der Waals surface area contributed by atoms with Crippen molar-refractivity contribution in [3.05, 3.63) is 53.2 Å². The lowest BCUT2D eigenvalue weighted by atomic mass is 9.87. The van der Waals surface area contributed by atoms with E-state index in [-0.39, 0.29) is 5.41 Å². The fraction of sp³-hybridized carbons (Fsp3) is 0.353. The highest BCUT2D eigenvalue weighted by Crippen LogP contribution is 2.26. The van der Waals surface area contributed by atoms with E-state index in [1.807, 2.05) is 13.0 Å². The van der Waals surface area contributed by atoms with Crippen LogP contribution in [0.15, 0.2) is 41.3 Å². The van der Waals surface area contributed by atoms with Gasteiger partial charge < -0.3 is 4.72 Å². The fourth-order valence-corrected chi connectivity index (χ4v) is 2.43. The van der Waals surface area contributed by atoms with Crippen LogP contribution in [0.2, 0.25) is 0 Å². The van der Waals surface area contributed by atoms with E-state index < -0.39 is 0 Å². The van der Waals surface area contributed by atoms with Gasteiger partial charge in [-0.2, -0.15) is 0 Å². The molecule has 0 saturated carbocycles. The molecule has 0 amide bonds. The molecule has 1 aromatic carbocycles. The Kier molecular flexibility index (Phi) is 4.39. The first kappa shape index (κ1) is 14.9. The molecule has 0 aliphatic carbocycles. The largest absolute Gasteiger partial charge is 0.310 e. The van der Waals surface area contributed by atoms with Crippen molar-refractivity contribution in [3.8, 4) is 0 Å². The molecule has 2 aromatic rings. The third kappa shape index (κ3) is 3.76. The van der Waals surface area contributed by atoms with Gasteiger partial charge in [0.2, 0.25) is 0 Å². The van der Waals surface area contributed by atoms with Gasteiger partial charge in [0.05, 0.1) is 0 Å². The molecule has 0 unspecified atom stereocenters. The van der Waals surface area contributed by atoms with E-state index in [4.69, 9.17) is 0 Å². The van der Waals surface area contributed by atoms with Gasteiger partial charge >= 0.3 is 0 Å². The second-order valence-corrected chi connectivity index (χ2v) is 6.96. The second-order valence-electron chi connectivity index (χ2n) is 6.08. The molecule has 0 radical (unpaired) electrons. The fourth-order valence-electron chi connectivity index (χ4n) is 1.82. The SMILES string of the molecule is Cc1ccc(NSc2ccc(C(C)(C)C)cc2)nc1C. The zero-order chi connectivity index (χ0) is 14.8. The smallest absolute Gasteiger partial charge is 0.136 e.